The van der Waals surface area contributed by atoms with Gasteiger partial charge in [-0.15, -0.1) is 0 Å². The zero-order chi connectivity index (χ0) is 18.2. The Balaban J connectivity index is 1.79. The third kappa shape index (κ3) is 3.73. The normalized spacial score (nSPS) is 23.6. The molecular formula is C16H26N4O4S. The average Bonchev–Trinajstić information content (AvgIpc) is 3.01. The fourth-order valence-corrected chi connectivity index (χ4v) is 4.32. The molecule has 0 bridgehead atoms. The largest absolute Gasteiger partial charge is 0.354 e. The first-order valence-electron chi connectivity index (χ1n) is 8.63. The first-order chi connectivity index (χ1) is 11.7. The minimum Gasteiger partial charge on any atom is -0.354 e. The lowest BCUT2D eigenvalue weighted by atomic mass is 9.89. The maximum absolute atomic E-state index is 12.5. The van der Waals surface area contributed by atoms with E-state index in [1.807, 2.05) is 24.6 Å². The van der Waals surface area contributed by atoms with Crippen LogP contribution in [0, 0.1) is 5.92 Å². The monoisotopic (exact) mass is 370 g/mol. The molecule has 1 aromatic rings. The van der Waals surface area contributed by atoms with Crippen LogP contribution in [-0.2, 0) is 31.7 Å². The third-order valence-electron chi connectivity index (χ3n) is 4.83. The number of carbonyl (C=O) groups is 1. The van der Waals surface area contributed by atoms with Crippen LogP contribution >= 0.6 is 0 Å². The summed E-state index contributed by atoms with van der Waals surface area (Å²) in [5.41, 5.74) is -0.706. The SMILES string of the molecule is CC(C)CNC(=O)[C@@H]1Cn2ccnc2C2(CCN(S(C)(=O)=O)CC2)O1. The number of ether oxygens (including phenoxy) is 1. The maximum atomic E-state index is 12.5. The van der Waals surface area contributed by atoms with Gasteiger partial charge in [-0.25, -0.2) is 17.7 Å². The number of piperidine rings is 1. The lowest BCUT2D eigenvalue weighted by molar-refractivity contribution is -0.170. The van der Waals surface area contributed by atoms with Crippen LogP contribution in [0.4, 0.5) is 0 Å². The summed E-state index contributed by atoms with van der Waals surface area (Å²) in [7, 11) is -3.22. The van der Waals surface area contributed by atoms with Crippen molar-refractivity contribution in [1.29, 1.82) is 0 Å². The molecule has 0 radical (unpaired) electrons. The summed E-state index contributed by atoms with van der Waals surface area (Å²) < 4.78 is 33.2. The van der Waals surface area contributed by atoms with E-state index >= 15 is 0 Å². The lowest BCUT2D eigenvalue weighted by Crippen LogP contribution is -2.54. The molecule has 1 spiro atoms. The van der Waals surface area contributed by atoms with Crippen LogP contribution in [0.25, 0.3) is 0 Å². The number of rotatable bonds is 4. The van der Waals surface area contributed by atoms with E-state index in [4.69, 9.17) is 4.74 Å². The molecule has 8 nitrogen and oxygen atoms in total. The minimum absolute atomic E-state index is 0.127. The topological polar surface area (TPSA) is 93.5 Å². The van der Waals surface area contributed by atoms with Crippen molar-refractivity contribution < 1.29 is 17.9 Å². The molecule has 0 aliphatic carbocycles. The summed E-state index contributed by atoms with van der Waals surface area (Å²) in [5.74, 6) is 1.02. The fraction of sp³-hybridized carbons (Fsp3) is 0.750. The zero-order valence-electron chi connectivity index (χ0n) is 14.9. The predicted molar refractivity (Wildman–Crippen MR) is 92.3 cm³/mol. The Morgan fingerprint density at radius 1 is 1.44 bits per heavy atom. The highest BCUT2D eigenvalue weighted by Crippen LogP contribution is 2.40. The molecule has 140 valence electrons. The van der Waals surface area contributed by atoms with Crippen molar-refractivity contribution in [3.8, 4) is 0 Å². The Kier molecular flexibility index (Phi) is 4.91. The van der Waals surface area contributed by atoms with Crippen LogP contribution in [0.2, 0.25) is 0 Å². The van der Waals surface area contributed by atoms with Gasteiger partial charge in [-0.1, -0.05) is 13.8 Å². The molecule has 2 aliphatic rings. The quantitative estimate of drug-likeness (QED) is 0.823. The molecule has 0 unspecified atom stereocenters. The Labute approximate surface area is 148 Å². The number of sulfonamides is 1. The summed E-state index contributed by atoms with van der Waals surface area (Å²) in [6, 6.07) is 0. The molecule has 1 N–H and O–H groups in total. The summed E-state index contributed by atoms with van der Waals surface area (Å²) in [6.45, 7) is 5.84. The van der Waals surface area contributed by atoms with Crippen LogP contribution in [0.1, 0.15) is 32.5 Å². The van der Waals surface area contributed by atoms with E-state index in [1.165, 1.54) is 10.6 Å². The average molecular weight is 370 g/mol. The smallest absolute Gasteiger partial charge is 0.251 e. The second kappa shape index (κ2) is 6.69. The Morgan fingerprint density at radius 2 is 2.12 bits per heavy atom. The van der Waals surface area contributed by atoms with Gasteiger partial charge in [0.15, 0.2) is 6.10 Å². The van der Waals surface area contributed by atoms with Crippen LogP contribution in [0.5, 0.6) is 0 Å². The van der Waals surface area contributed by atoms with Crippen molar-refractivity contribution >= 4 is 15.9 Å². The number of carbonyl (C=O) groups excluding carboxylic acids is 1. The van der Waals surface area contributed by atoms with Crippen LogP contribution in [0.15, 0.2) is 12.4 Å². The molecule has 9 heteroatoms. The van der Waals surface area contributed by atoms with Gasteiger partial charge in [0.25, 0.3) is 5.91 Å². The Bertz CT molecular complexity index is 735. The Morgan fingerprint density at radius 3 is 2.72 bits per heavy atom. The highest BCUT2D eigenvalue weighted by molar-refractivity contribution is 7.88. The molecule has 1 amide bonds. The number of hydrogen-bond donors (Lipinski definition) is 1. The lowest BCUT2D eigenvalue weighted by Gasteiger charge is -2.45. The van der Waals surface area contributed by atoms with Gasteiger partial charge in [-0.05, 0) is 18.8 Å². The molecule has 2 aliphatic heterocycles. The van der Waals surface area contributed by atoms with Crippen LogP contribution in [0.3, 0.4) is 0 Å². The first kappa shape index (κ1) is 18.3. The van der Waals surface area contributed by atoms with E-state index in [-0.39, 0.29) is 5.91 Å². The standard InChI is InChI=1S/C16H26N4O4S/c1-12(2)10-18-14(21)13-11-19-9-6-17-15(19)16(24-13)4-7-20(8-5-16)25(3,22)23/h6,9,12-13H,4-5,7-8,10-11H2,1-3H3,(H,18,21)/t13-/m0/s1. The van der Waals surface area contributed by atoms with Crippen molar-refractivity contribution in [3.63, 3.8) is 0 Å². The fourth-order valence-electron chi connectivity index (χ4n) is 3.47. The minimum atomic E-state index is -3.22. The first-order valence-corrected chi connectivity index (χ1v) is 10.5. The summed E-state index contributed by atoms with van der Waals surface area (Å²) >= 11 is 0. The van der Waals surface area contributed by atoms with Gasteiger partial charge in [0.05, 0.1) is 12.8 Å². The van der Waals surface area contributed by atoms with Crippen molar-refractivity contribution in [2.45, 2.75) is 44.9 Å². The molecular weight excluding hydrogens is 344 g/mol. The molecule has 3 heterocycles. The van der Waals surface area contributed by atoms with Gasteiger partial charge >= 0.3 is 0 Å². The van der Waals surface area contributed by atoms with Crippen molar-refractivity contribution in [2.24, 2.45) is 5.92 Å². The van der Waals surface area contributed by atoms with Gasteiger partial charge in [-0.3, -0.25) is 4.79 Å². The van der Waals surface area contributed by atoms with Crippen molar-refractivity contribution in [2.75, 3.05) is 25.9 Å². The highest BCUT2D eigenvalue weighted by atomic mass is 32.2. The third-order valence-corrected chi connectivity index (χ3v) is 6.13. The maximum Gasteiger partial charge on any atom is 0.251 e. The number of hydrogen-bond acceptors (Lipinski definition) is 5. The van der Waals surface area contributed by atoms with Gasteiger partial charge in [0.2, 0.25) is 10.0 Å². The summed E-state index contributed by atoms with van der Waals surface area (Å²) in [6.07, 6.45) is 5.17. The number of amides is 1. The van der Waals surface area contributed by atoms with Crippen LogP contribution < -0.4 is 5.32 Å². The highest BCUT2D eigenvalue weighted by Gasteiger charge is 2.48. The second-order valence-corrected chi connectivity index (χ2v) is 9.29. The van der Waals surface area contributed by atoms with Gasteiger partial charge in [-0.2, -0.15) is 0 Å². The zero-order valence-corrected chi connectivity index (χ0v) is 15.8. The molecule has 1 saturated heterocycles. The molecule has 0 saturated carbocycles. The molecule has 1 aromatic heterocycles. The van der Waals surface area contributed by atoms with E-state index in [2.05, 4.69) is 10.3 Å². The van der Waals surface area contributed by atoms with Crippen molar-refractivity contribution in [1.82, 2.24) is 19.2 Å². The number of nitrogens with zero attached hydrogens (tertiary/aromatic N) is 3. The molecule has 25 heavy (non-hydrogen) atoms. The number of aromatic nitrogens is 2. The van der Waals surface area contributed by atoms with Crippen molar-refractivity contribution in [3.05, 3.63) is 18.2 Å². The van der Waals surface area contributed by atoms with Gasteiger partial charge < -0.3 is 14.6 Å². The molecule has 3 rings (SSSR count). The van der Waals surface area contributed by atoms with Gasteiger partial charge in [0, 0.05) is 32.0 Å². The number of nitrogens with one attached hydrogen (secondary N) is 1. The molecule has 0 aromatic carbocycles. The van der Waals surface area contributed by atoms with E-state index < -0.39 is 21.7 Å². The second-order valence-electron chi connectivity index (χ2n) is 7.31. The molecule has 1 atom stereocenters. The van der Waals surface area contributed by atoms with Crippen LogP contribution in [-0.4, -0.2) is 60.2 Å². The Hall–Kier alpha value is -1.45. The van der Waals surface area contributed by atoms with E-state index in [0.29, 0.717) is 44.9 Å². The number of fused-ring (bicyclic) bond motifs is 2. The molecule has 1 fully saturated rings. The van der Waals surface area contributed by atoms with Gasteiger partial charge in [0.1, 0.15) is 11.4 Å². The van der Waals surface area contributed by atoms with E-state index in [1.54, 1.807) is 6.20 Å². The predicted octanol–water partition coefficient (Wildman–Crippen LogP) is 0.305. The van der Waals surface area contributed by atoms with E-state index in [9.17, 15) is 13.2 Å². The summed E-state index contributed by atoms with van der Waals surface area (Å²) in [5, 5.41) is 2.93. The number of imidazole rings is 1. The van der Waals surface area contributed by atoms with E-state index in [0.717, 1.165) is 5.82 Å². The summed E-state index contributed by atoms with van der Waals surface area (Å²) in [4.78, 5) is 16.9.